The molecule has 0 aliphatic rings. The van der Waals surface area contributed by atoms with Crippen LogP contribution in [-0.4, -0.2) is 16.2 Å². The smallest absolute Gasteiger partial charge is 0.416 e. The third-order valence-electron chi connectivity index (χ3n) is 4.63. The fourth-order valence-electron chi connectivity index (χ4n) is 3.06. The van der Waals surface area contributed by atoms with Gasteiger partial charge in [-0.3, -0.25) is 0 Å². The lowest BCUT2D eigenvalue weighted by Gasteiger charge is -2.17. The van der Waals surface area contributed by atoms with Crippen molar-refractivity contribution in [2.75, 3.05) is 5.32 Å². The molecule has 0 saturated carbocycles. The van der Waals surface area contributed by atoms with Crippen molar-refractivity contribution in [3.8, 4) is 11.5 Å². The second kappa shape index (κ2) is 9.11. The van der Waals surface area contributed by atoms with Crippen molar-refractivity contribution in [1.29, 1.82) is 0 Å². The number of aromatic nitrogens is 2. The van der Waals surface area contributed by atoms with Crippen LogP contribution in [0.2, 0.25) is 0 Å². The van der Waals surface area contributed by atoms with Crippen LogP contribution >= 0.6 is 0 Å². The summed E-state index contributed by atoms with van der Waals surface area (Å²) in [5.41, 5.74) is 0.122. The maximum Gasteiger partial charge on any atom is 0.416 e. The van der Waals surface area contributed by atoms with Crippen molar-refractivity contribution in [2.45, 2.75) is 12.2 Å². The first-order valence-electron chi connectivity index (χ1n) is 9.68. The maximum absolute atomic E-state index is 13.4. The fourth-order valence-corrected chi connectivity index (χ4v) is 3.06. The Labute approximate surface area is 185 Å². The molecule has 33 heavy (non-hydrogen) atoms. The van der Waals surface area contributed by atoms with Gasteiger partial charge in [-0.15, -0.1) is 10.2 Å². The molecule has 2 amide bonds. The number of rotatable bonds is 5. The van der Waals surface area contributed by atoms with Crippen molar-refractivity contribution in [3.05, 3.63) is 102 Å². The van der Waals surface area contributed by atoms with Gasteiger partial charge in [0.15, 0.2) is 0 Å². The molecule has 0 aliphatic carbocycles. The highest BCUT2D eigenvalue weighted by Gasteiger charge is 2.30. The lowest BCUT2D eigenvalue weighted by atomic mass is 10.1. The Morgan fingerprint density at radius 3 is 2.33 bits per heavy atom. The first-order chi connectivity index (χ1) is 15.8. The van der Waals surface area contributed by atoms with E-state index in [1.54, 1.807) is 24.3 Å². The molecule has 6 nitrogen and oxygen atoms in total. The van der Waals surface area contributed by atoms with E-state index in [4.69, 9.17) is 4.42 Å². The predicted molar refractivity (Wildman–Crippen MR) is 112 cm³/mol. The second-order valence-corrected chi connectivity index (χ2v) is 6.97. The summed E-state index contributed by atoms with van der Waals surface area (Å²) in [6.07, 6.45) is -4.55. The van der Waals surface area contributed by atoms with E-state index in [0.717, 1.165) is 12.1 Å². The maximum atomic E-state index is 13.4. The first kappa shape index (κ1) is 22.0. The number of benzene rings is 3. The van der Waals surface area contributed by atoms with Crippen LogP contribution < -0.4 is 10.6 Å². The fraction of sp³-hybridized carbons (Fsp3) is 0.0870. The molecule has 0 saturated heterocycles. The van der Waals surface area contributed by atoms with Gasteiger partial charge in [0.05, 0.1) is 5.56 Å². The molecule has 10 heteroatoms. The van der Waals surface area contributed by atoms with E-state index in [1.807, 2.05) is 6.07 Å². The number of urea groups is 1. The molecule has 2 N–H and O–H groups in total. The molecule has 0 radical (unpaired) electrons. The van der Waals surface area contributed by atoms with Crippen molar-refractivity contribution in [1.82, 2.24) is 15.5 Å². The van der Waals surface area contributed by atoms with Gasteiger partial charge in [-0.2, -0.15) is 13.2 Å². The van der Waals surface area contributed by atoms with E-state index >= 15 is 0 Å². The third-order valence-corrected chi connectivity index (χ3v) is 4.63. The number of alkyl halides is 3. The van der Waals surface area contributed by atoms with Crippen molar-refractivity contribution in [2.24, 2.45) is 0 Å². The minimum absolute atomic E-state index is 0.0136. The molecule has 0 fully saturated rings. The summed E-state index contributed by atoms with van der Waals surface area (Å²) < 4.78 is 58.0. The van der Waals surface area contributed by atoms with Gasteiger partial charge in [-0.05, 0) is 48.0 Å². The average molecular weight is 456 g/mol. The van der Waals surface area contributed by atoms with Crippen LogP contribution in [-0.2, 0) is 6.18 Å². The van der Waals surface area contributed by atoms with Gasteiger partial charge < -0.3 is 15.1 Å². The van der Waals surface area contributed by atoms with Crippen molar-refractivity contribution >= 4 is 11.7 Å². The summed E-state index contributed by atoms with van der Waals surface area (Å²) >= 11 is 0. The molecule has 1 heterocycles. The number of anilines is 1. The van der Waals surface area contributed by atoms with Gasteiger partial charge in [0.25, 0.3) is 0 Å². The van der Waals surface area contributed by atoms with E-state index < -0.39 is 29.6 Å². The standard InChI is InChI=1S/C23H16F4N4O2/c24-17-11-9-14(10-12-17)19(21-31-30-20(33-21)15-5-2-1-3-6-15)29-22(32)28-18-8-4-7-16(13-18)23(25,26)27/h1-13,19H,(H2,28,29,32). The topological polar surface area (TPSA) is 80.0 Å². The largest absolute Gasteiger partial charge is 0.418 e. The summed E-state index contributed by atoms with van der Waals surface area (Å²) in [7, 11) is 0. The van der Waals surface area contributed by atoms with E-state index in [2.05, 4.69) is 20.8 Å². The number of nitrogens with zero attached hydrogens (tertiary/aromatic N) is 2. The summed E-state index contributed by atoms with van der Waals surface area (Å²) in [6, 6.07) is 16.6. The number of nitrogens with one attached hydrogen (secondary N) is 2. The van der Waals surface area contributed by atoms with Crippen molar-refractivity contribution in [3.63, 3.8) is 0 Å². The summed E-state index contributed by atoms with van der Waals surface area (Å²) in [4.78, 5) is 12.6. The SMILES string of the molecule is O=C(Nc1cccc(C(F)(F)F)c1)NC(c1ccc(F)cc1)c1nnc(-c2ccccc2)o1. The quantitative estimate of drug-likeness (QED) is 0.372. The second-order valence-electron chi connectivity index (χ2n) is 6.97. The molecule has 0 spiro atoms. The number of carbonyl (C=O) groups is 1. The van der Waals surface area contributed by atoms with E-state index in [9.17, 15) is 22.4 Å². The van der Waals surface area contributed by atoms with Crippen LogP contribution in [0, 0.1) is 5.82 Å². The zero-order chi connectivity index (χ0) is 23.4. The Bertz CT molecular complexity index is 1240. The Hall–Kier alpha value is -4.21. The molecule has 0 aliphatic heterocycles. The molecule has 3 aromatic carbocycles. The minimum Gasteiger partial charge on any atom is -0.418 e. The van der Waals surface area contributed by atoms with Crippen LogP contribution in [0.4, 0.5) is 28.0 Å². The Kier molecular flexibility index (Phi) is 6.07. The zero-order valence-electron chi connectivity index (χ0n) is 16.8. The summed E-state index contributed by atoms with van der Waals surface area (Å²) in [6.45, 7) is 0. The van der Waals surface area contributed by atoms with Crippen LogP contribution in [0.15, 0.2) is 83.3 Å². The molecule has 168 valence electrons. The lowest BCUT2D eigenvalue weighted by molar-refractivity contribution is -0.137. The molecular weight excluding hydrogens is 440 g/mol. The molecule has 1 aromatic heterocycles. The molecule has 1 unspecified atom stereocenters. The molecule has 4 aromatic rings. The molecule has 1 atom stereocenters. The van der Waals surface area contributed by atoms with E-state index in [0.29, 0.717) is 11.1 Å². The van der Waals surface area contributed by atoms with Gasteiger partial charge in [-0.25, -0.2) is 9.18 Å². The van der Waals surface area contributed by atoms with Crippen molar-refractivity contribution < 1.29 is 26.8 Å². The predicted octanol–water partition coefficient (Wildman–Crippen LogP) is 5.81. The Morgan fingerprint density at radius 1 is 0.909 bits per heavy atom. The highest BCUT2D eigenvalue weighted by atomic mass is 19.4. The van der Waals surface area contributed by atoms with E-state index in [1.165, 1.54) is 36.4 Å². The van der Waals surface area contributed by atoms with Gasteiger partial charge in [-0.1, -0.05) is 36.4 Å². The van der Waals surface area contributed by atoms with Crippen LogP contribution in [0.1, 0.15) is 23.1 Å². The van der Waals surface area contributed by atoms with Gasteiger partial charge >= 0.3 is 12.2 Å². The minimum atomic E-state index is -4.55. The number of carbonyl (C=O) groups excluding carboxylic acids is 1. The van der Waals surface area contributed by atoms with E-state index in [-0.39, 0.29) is 17.5 Å². The summed E-state index contributed by atoms with van der Waals surface area (Å²) in [5.74, 6) is -0.265. The number of amides is 2. The number of halogens is 4. The average Bonchev–Trinajstić information content (AvgIpc) is 3.28. The third kappa shape index (κ3) is 5.35. The number of hydrogen-bond donors (Lipinski definition) is 2. The Balaban J connectivity index is 1.59. The highest BCUT2D eigenvalue weighted by Crippen LogP contribution is 2.31. The molecule has 4 rings (SSSR count). The monoisotopic (exact) mass is 456 g/mol. The van der Waals surface area contributed by atoms with Gasteiger partial charge in [0.1, 0.15) is 11.9 Å². The highest BCUT2D eigenvalue weighted by molar-refractivity contribution is 5.89. The lowest BCUT2D eigenvalue weighted by Crippen LogP contribution is -2.33. The van der Waals surface area contributed by atoms with Crippen LogP contribution in [0.5, 0.6) is 0 Å². The molecule has 0 bridgehead atoms. The van der Waals surface area contributed by atoms with Crippen LogP contribution in [0.3, 0.4) is 0 Å². The van der Waals surface area contributed by atoms with Gasteiger partial charge in [0, 0.05) is 11.3 Å². The zero-order valence-corrected chi connectivity index (χ0v) is 16.8. The van der Waals surface area contributed by atoms with Gasteiger partial charge in [0.2, 0.25) is 11.8 Å². The molecular formula is C23H16F4N4O2. The normalized spacial score (nSPS) is 12.2. The first-order valence-corrected chi connectivity index (χ1v) is 9.68. The Morgan fingerprint density at radius 2 is 1.64 bits per heavy atom. The van der Waals surface area contributed by atoms with Crippen LogP contribution in [0.25, 0.3) is 11.5 Å². The number of hydrogen-bond acceptors (Lipinski definition) is 4. The summed E-state index contributed by atoms with van der Waals surface area (Å²) in [5, 5.41) is 12.9.